The normalized spacial score (nSPS) is 18.7. The average Bonchev–Trinajstić information content (AvgIpc) is 2.86. The third kappa shape index (κ3) is 4.66. The zero-order valence-electron chi connectivity index (χ0n) is 13.4. The molecule has 1 aliphatic rings. The maximum absolute atomic E-state index is 4.72. The van der Waals surface area contributed by atoms with E-state index in [1.165, 1.54) is 18.4 Å². The third-order valence-electron chi connectivity index (χ3n) is 3.88. The second-order valence-electron chi connectivity index (χ2n) is 6.06. The van der Waals surface area contributed by atoms with Gasteiger partial charge < -0.3 is 15.1 Å². The summed E-state index contributed by atoms with van der Waals surface area (Å²) in [6.07, 6.45) is 5.60. The largest absolute Gasteiger partial charge is 0.352 e. The van der Waals surface area contributed by atoms with Crippen LogP contribution in [-0.2, 0) is 6.54 Å². The molecule has 1 aliphatic heterocycles. The summed E-state index contributed by atoms with van der Waals surface area (Å²) >= 11 is 3.55. The molecule has 0 spiro atoms. The first-order valence-corrected chi connectivity index (χ1v) is 8.67. The van der Waals surface area contributed by atoms with Crippen LogP contribution in [0.2, 0.25) is 0 Å². The van der Waals surface area contributed by atoms with Gasteiger partial charge in [0.2, 0.25) is 0 Å². The van der Waals surface area contributed by atoms with Crippen molar-refractivity contribution >= 4 is 21.7 Å². The van der Waals surface area contributed by atoms with E-state index in [-0.39, 0.29) is 0 Å². The van der Waals surface area contributed by atoms with E-state index < -0.39 is 0 Å². The first kappa shape index (κ1) is 16.7. The lowest BCUT2D eigenvalue weighted by atomic mass is 10.2. The Morgan fingerprint density at radius 3 is 3.00 bits per heavy atom. The molecule has 2 heterocycles. The van der Waals surface area contributed by atoms with Crippen LogP contribution in [0.3, 0.4) is 0 Å². The number of pyridine rings is 1. The van der Waals surface area contributed by atoms with Crippen molar-refractivity contribution in [1.29, 1.82) is 0 Å². The molecule has 0 amide bonds. The molecule has 0 saturated carbocycles. The van der Waals surface area contributed by atoms with Gasteiger partial charge in [-0.05, 0) is 61.9 Å². The van der Waals surface area contributed by atoms with E-state index in [2.05, 4.69) is 58.1 Å². The minimum absolute atomic E-state index is 0.582. The fourth-order valence-electron chi connectivity index (χ4n) is 2.99. The second-order valence-corrected chi connectivity index (χ2v) is 6.98. The number of nitrogens with one attached hydrogen (secondary N) is 1. The van der Waals surface area contributed by atoms with Crippen LogP contribution < -0.4 is 10.2 Å². The summed E-state index contributed by atoms with van der Waals surface area (Å²) in [7, 11) is 4.30. The predicted molar refractivity (Wildman–Crippen MR) is 92.9 cm³/mol. The summed E-state index contributed by atoms with van der Waals surface area (Å²) in [4.78, 5) is 9.49. The van der Waals surface area contributed by atoms with Crippen molar-refractivity contribution in [2.24, 2.45) is 0 Å². The van der Waals surface area contributed by atoms with Gasteiger partial charge >= 0.3 is 0 Å². The van der Waals surface area contributed by atoms with Gasteiger partial charge in [0.05, 0.1) is 0 Å². The molecule has 2 rings (SSSR count). The summed E-state index contributed by atoms with van der Waals surface area (Å²) in [6, 6.07) is 2.79. The van der Waals surface area contributed by atoms with Crippen LogP contribution >= 0.6 is 15.9 Å². The highest BCUT2D eigenvalue weighted by molar-refractivity contribution is 9.10. The smallest absolute Gasteiger partial charge is 0.133 e. The van der Waals surface area contributed by atoms with Crippen LogP contribution in [0, 0.1) is 0 Å². The van der Waals surface area contributed by atoms with E-state index >= 15 is 0 Å². The Hall–Kier alpha value is -0.650. The van der Waals surface area contributed by atoms with Crippen molar-refractivity contribution in [2.75, 3.05) is 38.6 Å². The molecule has 0 aromatic carbocycles. The maximum Gasteiger partial charge on any atom is 0.133 e. The molecular weight excluding hydrogens is 328 g/mol. The molecule has 0 aliphatic carbocycles. The van der Waals surface area contributed by atoms with E-state index in [0.717, 1.165) is 42.9 Å². The number of likely N-dealkylation sites (N-methyl/N-ethyl adjacent to an activating group) is 1. The van der Waals surface area contributed by atoms with Crippen LogP contribution in [0.5, 0.6) is 0 Å². The highest BCUT2D eigenvalue weighted by Gasteiger charge is 2.27. The molecule has 1 fully saturated rings. The monoisotopic (exact) mass is 354 g/mol. The standard InChI is InChI=1S/C16H27BrN4/c1-4-7-18-10-13-9-14(17)11-19-16(13)21-8-5-6-15(21)12-20(2)3/h9,11,15,18H,4-8,10,12H2,1-3H3. The second kappa shape index (κ2) is 8.11. The molecule has 1 aromatic rings. The molecule has 4 nitrogen and oxygen atoms in total. The molecule has 1 atom stereocenters. The SMILES string of the molecule is CCCNCc1cc(Br)cnc1N1CCCC1CN(C)C. The lowest BCUT2D eigenvalue weighted by Gasteiger charge is -2.29. The Morgan fingerprint density at radius 2 is 2.29 bits per heavy atom. The molecule has 1 unspecified atom stereocenters. The molecule has 1 aromatic heterocycles. The van der Waals surface area contributed by atoms with E-state index in [1.54, 1.807) is 0 Å². The molecule has 5 heteroatoms. The van der Waals surface area contributed by atoms with Gasteiger partial charge in [-0.15, -0.1) is 0 Å². The third-order valence-corrected chi connectivity index (χ3v) is 4.31. The van der Waals surface area contributed by atoms with Gasteiger partial charge in [-0.25, -0.2) is 4.98 Å². The molecule has 118 valence electrons. The van der Waals surface area contributed by atoms with E-state index in [9.17, 15) is 0 Å². The first-order chi connectivity index (χ1) is 10.1. The first-order valence-electron chi connectivity index (χ1n) is 7.88. The van der Waals surface area contributed by atoms with Crippen molar-refractivity contribution in [1.82, 2.24) is 15.2 Å². The minimum atomic E-state index is 0.582. The average molecular weight is 355 g/mol. The van der Waals surface area contributed by atoms with Gasteiger partial charge in [-0.2, -0.15) is 0 Å². The summed E-state index contributed by atoms with van der Waals surface area (Å²) in [5.41, 5.74) is 1.29. The Morgan fingerprint density at radius 1 is 1.48 bits per heavy atom. The Bertz CT molecular complexity index is 450. The van der Waals surface area contributed by atoms with Crippen molar-refractivity contribution in [3.63, 3.8) is 0 Å². The summed E-state index contributed by atoms with van der Waals surface area (Å²) in [5, 5.41) is 3.50. The van der Waals surface area contributed by atoms with Crippen molar-refractivity contribution < 1.29 is 0 Å². The topological polar surface area (TPSA) is 31.4 Å². The Labute approximate surface area is 137 Å². The van der Waals surface area contributed by atoms with Gasteiger partial charge in [-0.1, -0.05) is 6.92 Å². The van der Waals surface area contributed by atoms with E-state index in [1.807, 2.05) is 6.20 Å². The zero-order valence-corrected chi connectivity index (χ0v) is 15.0. The van der Waals surface area contributed by atoms with Gasteiger partial charge in [0.1, 0.15) is 5.82 Å². The maximum atomic E-state index is 4.72. The van der Waals surface area contributed by atoms with E-state index in [0.29, 0.717) is 6.04 Å². The van der Waals surface area contributed by atoms with Gasteiger partial charge in [-0.3, -0.25) is 0 Å². The molecular formula is C16H27BrN4. The fraction of sp³-hybridized carbons (Fsp3) is 0.688. The highest BCUT2D eigenvalue weighted by Crippen LogP contribution is 2.28. The molecule has 21 heavy (non-hydrogen) atoms. The number of hydrogen-bond donors (Lipinski definition) is 1. The number of nitrogens with zero attached hydrogens (tertiary/aromatic N) is 3. The van der Waals surface area contributed by atoms with Crippen LogP contribution in [0.4, 0.5) is 5.82 Å². The van der Waals surface area contributed by atoms with Gasteiger partial charge in [0, 0.05) is 41.9 Å². The van der Waals surface area contributed by atoms with Gasteiger partial charge in [0.25, 0.3) is 0 Å². The number of anilines is 1. The van der Waals surface area contributed by atoms with Crippen molar-refractivity contribution in [3.05, 3.63) is 22.3 Å². The minimum Gasteiger partial charge on any atom is -0.352 e. The summed E-state index contributed by atoms with van der Waals surface area (Å²) in [5.74, 6) is 1.16. The van der Waals surface area contributed by atoms with Crippen LogP contribution in [0.1, 0.15) is 31.7 Å². The highest BCUT2D eigenvalue weighted by atomic mass is 79.9. The quantitative estimate of drug-likeness (QED) is 0.762. The van der Waals surface area contributed by atoms with Crippen LogP contribution in [-0.4, -0.2) is 49.7 Å². The van der Waals surface area contributed by atoms with Gasteiger partial charge in [0.15, 0.2) is 0 Å². The van der Waals surface area contributed by atoms with Crippen molar-refractivity contribution in [3.8, 4) is 0 Å². The zero-order chi connectivity index (χ0) is 15.2. The summed E-state index contributed by atoms with van der Waals surface area (Å²) < 4.78 is 1.06. The molecule has 1 N–H and O–H groups in total. The van der Waals surface area contributed by atoms with Crippen LogP contribution in [0.25, 0.3) is 0 Å². The number of halogens is 1. The molecule has 1 saturated heterocycles. The lowest BCUT2D eigenvalue weighted by molar-refractivity contribution is 0.371. The Kier molecular flexibility index (Phi) is 6.45. The number of hydrogen-bond acceptors (Lipinski definition) is 4. The number of aromatic nitrogens is 1. The van der Waals surface area contributed by atoms with Crippen LogP contribution in [0.15, 0.2) is 16.7 Å². The molecule has 0 bridgehead atoms. The number of rotatable bonds is 7. The van der Waals surface area contributed by atoms with E-state index in [4.69, 9.17) is 4.98 Å². The lowest BCUT2D eigenvalue weighted by Crippen LogP contribution is -2.38. The molecule has 0 radical (unpaired) electrons. The fourth-order valence-corrected chi connectivity index (χ4v) is 3.37. The predicted octanol–water partition coefficient (Wildman–Crippen LogP) is 2.87. The Balaban J connectivity index is 2.16. The van der Waals surface area contributed by atoms with Crippen molar-refractivity contribution in [2.45, 2.75) is 38.8 Å². The summed E-state index contributed by atoms with van der Waals surface area (Å²) in [6.45, 7) is 6.35.